The Balaban J connectivity index is 1.99. The van der Waals surface area contributed by atoms with Crippen LogP contribution in [0.15, 0.2) is 30.4 Å². The fourth-order valence-electron chi connectivity index (χ4n) is 1.98. The zero-order valence-corrected chi connectivity index (χ0v) is 10.7. The molecule has 1 heterocycles. The monoisotopic (exact) mass is 247 g/mol. The molecule has 4 heteroatoms. The predicted octanol–water partition coefficient (Wildman–Crippen LogP) is 1.64. The Hall–Kier alpha value is -1.97. The fraction of sp³-hybridized carbons (Fsp3) is 0.357. The van der Waals surface area contributed by atoms with Gasteiger partial charge in [-0.05, 0) is 24.1 Å². The largest absolute Gasteiger partial charge is 0.493 e. The summed E-state index contributed by atoms with van der Waals surface area (Å²) in [6.45, 7) is 1.44. The minimum absolute atomic E-state index is 0.0930. The molecule has 0 saturated carbocycles. The Morgan fingerprint density at radius 2 is 2.00 bits per heavy atom. The fourth-order valence-corrected chi connectivity index (χ4v) is 1.98. The van der Waals surface area contributed by atoms with Gasteiger partial charge in [-0.3, -0.25) is 4.79 Å². The average molecular weight is 247 g/mol. The van der Waals surface area contributed by atoms with Crippen LogP contribution in [0.25, 0.3) is 0 Å². The molecule has 2 rings (SSSR count). The van der Waals surface area contributed by atoms with E-state index in [-0.39, 0.29) is 5.91 Å². The Labute approximate surface area is 107 Å². The number of carbonyl (C=O) groups is 1. The summed E-state index contributed by atoms with van der Waals surface area (Å²) in [7, 11) is 3.24. The van der Waals surface area contributed by atoms with Crippen molar-refractivity contribution in [3.8, 4) is 11.5 Å². The van der Waals surface area contributed by atoms with Crippen molar-refractivity contribution in [2.75, 3.05) is 27.3 Å². The van der Waals surface area contributed by atoms with E-state index in [1.165, 1.54) is 0 Å². The van der Waals surface area contributed by atoms with Crippen molar-refractivity contribution in [1.82, 2.24) is 4.90 Å². The van der Waals surface area contributed by atoms with E-state index in [4.69, 9.17) is 9.47 Å². The predicted molar refractivity (Wildman–Crippen MR) is 69.0 cm³/mol. The molecule has 1 aliphatic heterocycles. The van der Waals surface area contributed by atoms with Crippen LogP contribution in [0.3, 0.4) is 0 Å². The first-order valence-electron chi connectivity index (χ1n) is 5.91. The van der Waals surface area contributed by atoms with Crippen molar-refractivity contribution in [3.05, 3.63) is 35.9 Å². The first kappa shape index (κ1) is 12.5. The van der Waals surface area contributed by atoms with Gasteiger partial charge in [-0.2, -0.15) is 0 Å². The molecule has 4 nitrogen and oxygen atoms in total. The molecule has 0 bridgehead atoms. The highest BCUT2D eigenvalue weighted by atomic mass is 16.5. The van der Waals surface area contributed by atoms with E-state index in [9.17, 15) is 4.79 Å². The van der Waals surface area contributed by atoms with Gasteiger partial charge in [0.1, 0.15) is 0 Å². The van der Waals surface area contributed by atoms with Gasteiger partial charge in [0.2, 0.25) is 5.91 Å². The van der Waals surface area contributed by atoms with Crippen LogP contribution in [-0.4, -0.2) is 38.1 Å². The topological polar surface area (TPSA) is 38.8 Å². The molecule has 0 spiro atoms. The van der Waals surface area contributed by atoms with Gasteiger partial charge in [0, 0.05) is 19.2 Å². The molecule has 0 unspecified atom stereocenters. The lowest BCUT2D eigenvalue weighted by molar-refractivity contribution is -0.124. The van der Waals surface area contributed by atoms with Crippen molar-refractivity contribution < 1.29 is 14.3 Å². The van der Waals surface area contributed by atoms with Gasteiger partial charge in [0.05, 0.1) is 14.2 Å². The number of rotatable bonds is 5. The number of hydrogen-bond donors (Lipinski definition) is 0. The standard InChI is InChI=1S/C14H17NO3/c1-17-12-6-5-11(10-13(12)18-2)7-9-15-8-3-4-14(15)16/h3-6,10H,7-9H2,1-2H3. The van der Waals surface area contributed by atoms with Crippen LogP contribution in [0.5, 0.6) is 11.5 Å². The van der Waals surface area contributed by atoms with Crippen LogP contribution in [-0.2, 0) is 11.2 Å². The molecule has 96 valence electrons. The second-order valence-corrected chi connectivity index (χ2v) is 4.13. The van der Waals surface area contributed by atoms with Gasteiger partial charge in [-0.1, -0.05) is 12.1 Å². The molecule has 0 aliphatic carbocycles. The summed E-state index contributed by atoms with van der Waals surface area (Å²) < 4.78 is 10.4. The second-order valence-electron chi connectivity index (χ2n) is 4.13. The number of methoxy groups -OCH3 is 2. The third-order valence-electron chi connectivity index (χ3n) is 3.02. The molecule has 0 N–H and O–H groups in total. The third kappa shape index (κ3) is 2.64. The van der Waals surface area contributed by atoms with E-state index < -0.39 is 0 Å². The van der Waals surface area contributed by atoms with E-state index >= 15 is 0 Å². The number of hydrogen-bond acceptors (Lipinski definition) is 3. The maximum Gasteiger partial charge on any atom is 0.246 e. The molecule has 0 atom stereocenters. The summed E-state index contributed by atoms with van der Waals surface area (Å²) in [5, 5.41) is 0. The molecular weight excluding hydrogens is 230 g/mol. The Morgan fingerprint density at radius 1 is 1.22 bits per heavy atom. The molecular formula is C14H17NO3. The first-order chi connectivity index (χ1) is 8.74. The summed E-state index contributed by atoms with van der Waals surface area (Å²) in [6.07, 6.45) is 4.32. The summed E-state index contributed by atoms with van der Waals surface area (Å²) >= 11 is 0. The van der Waals surface area contributed by atoms with Crippen LogP contribution >= 0.6 is 0 Å². The lowest BCUT2D eigenvalue weighted by atomic mass is 10.1. The van der Waals surface area contributed by atoms with Crippen LogP contribution in [0.4, 0.5) is 0 Å². The SMILES string of the molecule is COc1ccc(CCN2CC=CC2=O)cc1OC. The quantitative estimate of drug-likeness (QED) is 0.794. The third-order valence-corrected chi connectivity index (χ3v) is 3.02. The second kappa shape index (κ2) is 5.58. The minimum Gasteiger partial charge on any atom is -0.493 e. The molecule has 0 saturated heterocycles. The summed E-state index contributed by atoms with van der Waals surface area (Å²) in [4.78, 5) is 13.2. The summed E-state index contributed by atoms with van der Waals surface area (Å²) in [6, 6.07) is 5.83. The molecule has 0 aromatic heterocycles. The molecule has 0 radical (unpaired) electrons. The number of benzene rings is 1. The van der Waals surface area contributed by atoms with Gasteiger partial charge in [0.25, 0.3) is 0 Å². The lowest BCUT2D eigenvalue weighted by Crippen LogP contribution is -2.27. The highest BCUT2D eigenvalue weighted by Crippen LogP contribution is 2.27. The zero-order chi connectivity index (χ0) is 13.0. The van der Waals surface area contributed by atoms with Gasteiger partial charge >= 0.3 is 0 Å². The Bertz CT molecular complexity index is 468. The van der Waals surface area contributed by atoms with Gasteiger partial charge < -0.3 is 14.4 Å². The number of nitrogens with zero attached hydrogens (tertiary/aromatic N) is 1. The van der Waals surface area contributed by atoms with E-state index in [0.717, 1.165) is 30.0 Å². The van der Waals surface area contributed by atoms with Crippen molar-refractivity contribution in [3.63, 3.8) is 0 Å². The van der Waals surface area contributed by atoms with Gasteiger partial charge in [0.15, 0.2) is 11.5 Å². The van der Waals surface area contributed by atoms with Crippen molar-refractivity contribution in [2.24, 2.45) is 0 Å². The summed E-state index contributed by atoms with van der Waals surface area (Å²) in [5.74, 6) is 1.54. The molecule has 1 aromatic carbocycles. The Kier molecular flexibility index (Phi) is 3.87. The van der Waals surface area contributed by atoms with Crippen molar-refractivity contribution in [2.45, 2.75) is 6.42 Å². The highest BCUT2D eigenvalue weighted by molar-refractivity contribution is 5.89. The van der Waals surface area contributed by atoms with Crippen LogP contribution in [0.1, 0.15) is 5.56 Å². The zero-order valence-electron chi connectivity index (χ0n) is 10.7. The normalized spacial score (nSPS) is 14.1. The van der Waals surface area contributed by atoms with Crippen LogP contribution in [0, 0.1) is 0 Å². The smallest absolute Gasteiger partial charge is 0.246 e. The minimum atomic E-state index is 0.0930. The first-order valence-corrected chi connectivity index (χ1v) is 5.91. The van der Waals surface area contributed by atoms with Crippen molar-refractivity contribution in [1.29, 1.82) is 0 Å². The molecule has 18 heavy (non-hydrogen) atoms. The number of ether oxygens (including phenoxy) is 2. The maximum atomic E-state index is 11.4. The molecule has 1 aliphatic rings. The van der Waals surface area contributed by atoms with Gasteiger partial charge in [-0.25, -0.2) is 0 Å². The van der Waals surface area contributed by atoms with Crippen LogP contribution in [0.2, 0.25) is 0 Å². The molecule has 1 amide bonds. The molecule has 0 fully saturated rings. The van der Waals surface area contributed by atoms with E-state index in [1.807, 2.05) is 29.2 Å². The maximum absolute atomic E-state index is 11.4. The van der Waals surface area contributed by atoms with E-state index in [0.29, 0.717) is 6.54 Å². The summed E-state index contributed by atoms with van der Waals surface area (Å²) in [5.41, 5.74) is 1.13. The number of amides is 1. The molecule has 1 aromatic rings. The van der Waals surface area contributed by atoms with Crippen LogP contribution < -0.4 is 9.47 Å². The Morgan fingerprint density at radius 3 is 2.61 bits per heavy atom. The number of carbonyl (C=O) groups excluding carboxylic acids is 1. The van der Waals surface area contributed by atoms with E-state index in [2.05, 4.69) is 0 Å². The van der Waals surface area contributed by atoms with Crippen molar-refractivity contribution >= 4 is 5.91 Å². The highest BCUT2D eigenvalue weighted by Gasteiger charge is 2.14. The lowest BCUT2D eigenvalue weighted by Gasteiger charge is -2.16. The average Bonchev–Trinajstić information content (AvgIpc) is 2.81. The van der Waals surface area contributed by atoms with E-state index in [1.54, 1.807) is 20.3 Å². The van der Waals surface area contributed by atoms with Gasteiger partial charge in [-0.15, -0.1) is 0 Å².